The second kappa shape index (κ2) is 5.32. The Labute approximate surface area is 89.3 Å². The third-order valence-electron chi connectivity index (χ3n) is 2.38. The number of nitrogens with one attached hydrogen (secondary N) is 1. The Morgan fingerprint density at radius 3 is 2.79 bits per heavy atom. The molecule has 0 aliphatic heterocycles. The van der Waals surface area contributed by atoms with Gasteiger partial charge in [-0.05, 0) is 38.9 Å². The molecule has 3 heteroatoms. The molecule has 0 bridgehead atoms. The number of benzene rings is 1. The smallest absolute Gasteiger partial charge is 0.127 e. The van der Waals surface area contributed by atoms with Crippen molar-refractivity contribution in [1.82, 2.24) is 5.32 Å². The zero-order valence-corrected chi connectivity index (χ0v) is 9.24. The molecule has 0 fully saturated rings. The van der Waals surface area contributed by atoms with Gasteiger partial charge in [0.25, 0.3) is 0 Å². The van der Waals surface area contributed by atoms with Crippen LogP contribution in [-0.4, -0.2) is 13.1 Å². The average molecular weight is 216 g/mol. The third kappa shape index (κ3) is 2.96. The molecule has 1 aromatic rings. The van der Waals surface area contributed by atoms with Gasteiger partial charge in [0.05, 0.1) is 0 Å². The van der Waals surface area contributed by atoms with Crippen LogP contribution in [0.25, 0.3) is 0 Å². The standard InChI is InChI=1S/C11H15ClFN/c1-8(14-2)6-7-9-10(12)4-3-5-11(9)13/h3-5,8,14H,6-7H2,1-2H3. The van der Waals surface area contributed by atoms with E-state index in [9.17, 15) is 4.39 Å². The Balaban J connectivity index is 2.66. The highest BCUT2D eigenvalue weighted by atomic mass is 35.5. The van der Waals surface area contributed by atoms with Crippen LogP contribution in [0.15, 0.2) is 18.2 Å². The first-order chi connectivity index (χ1) is 6.65. The summed E-state index contributed by atoms with van der Waals surface area (Å²) < 4.78 is 13.3. The first-order valence-electron chi connectivity index (χ1n) is 4.75. The summed E-state index contributed by atoms with van der Waals surface area (Å²) in [5, 5.41) is 3.63. The van der Waals surface area contributed by atoms with E-state index in [1.807, 2.05) is 7.05 Å². The average Bonchev–Trinajstić information content (AvgIpc) is 2.16. The molecule has 1 nitrogen and oxygen atoms in total. The molecule has 0 saturated heterocycles. The Hall–Kier alpha value is -0.600. The lowest BCUT2D eigenvalue weighted by Gasteiger charge is -2.11. The van der Waals surface area contributed by atoms with Crippen molar-refractivity contribution in [3.63, 3.8) is 0 Å². The van der Waals surface area contributed by atoms with Crippen molar-refractivity contribution in [2.24, 2.45) is 0 Å². The fourth-order valence-corrected chi connectivity index (χ4v) is 1.53. The first kappa shape index (κ1) is 11.5. The van der Waals surface area contributed by atoms with E-state index < -0.39 is 0 Å². The molecule has 0 amide bonds. The molecular formula is C11H15ClFN. The van der Waals surface area contributed by atoms with Crippen molar-refractivity contribution in [2.75, 3.05) is 7.05 Å². The quantitative estimate of drug-likeness (QED) is 0.814. The van der Waals surface area contributed by atoms with Gasteiger partial charge in [-0.15, -0.1) is 0 Å². The molecule has 1 N–H and O–H groups in total. The van der Waals surface area contributed by atoms with Gasteiger partial charge in [0.2, 0.25) is 0 Å². The Kier molecular flexibility index (Phi) is 4.36. The van der Waals surface area contributed by atoms with E-state index in [0.29, 0.717) is 23.0 Å². The van der Waals surface area contributed by atoms with Gasteiger partial charge in [0.15, 0.2) is 0 Å². The fraction of sp³-hybridized carbons (Fsp3) is 0.455. The summed E-state index contributed by atoms with van der Waals surface area (Å²) in [4.78, 5) is 0. The number of halogens is 2. The van der Waals surface area contributed by atoms with Crippen molar-refractivity contribution in [2.45, 2.75) is 25.8 Å². The largest absolute Gasteiger partial charge is 0.317 e. The summed E-state index contributed by atoms with van der Waals surface area (Å²) in [6.45, 7) is 2.06. The maximum absolute atomic E-state index is 13.3. The minimum atomic E-state index is -0.208. The van der Waals surface area contributed by atoms with Crippen LogP contribution in [0.3, 0.4) is 0 Å². The molecule has 0 saturated carbocycles. The summed E-state index contributed by atoms with van der Waals surface area (Å²) in [5.74, 6) is -0.208. The highest BCUT2D eigenvalue weighted by Gasteiger charge is 2.07. The van der Waals surface area contributed by atoms with Gasteiger partial charge >= 0.3 is 0 Å². The predicted molar refractivity (Wildman–Crippen MR) is 58.3 cm³/mol. The predicted octanol–water partition coefficient (Wildman–Crippen LogP) is 3.02. The summed E-state index contributed by atoms with van der Waals surface area (Å²) in [5.41, 5.74) is 0.622. The topological polar surface area (TPSA) is 12.0 Å². The maximum Gasteiger partial charge on any atom is 0.127 e. The highest BCUT2D eigenvalue weighted by Crippen LogP contribution is 2.20. The molecule has 0 aliphatic rings. The molecule has 1 aromatic carbocycles. The van der Waals surface area contributed by atoms with Gasteiger partial charge in [-0.1, -0.05) is 17.7 Å². The van der Waals surface area contributed by atoms with E-state index >= 15 is 0 Å². The molecule has 1 rings (SSSR count). The van der Waals surface area contributed by atoms with Crippen LogP contribution in [0, 0.1) is 5.82 Å². The van der Waals surface area contributed by atoms with E-state index in [0.717, 1.165) is 6.42 Å². The lowest BCUT2D eigenvalue weighted by atomic mass is 10.1. The van der Waals surface area contributed by atoms with Crippen molar-refractivity contribution in [3.8, 4) is 0 Å². The van der Waals surface area contributed by atoms with Gasteiger partial charge in [-0.3, -0.25) is 0 Å². The summed E-state index contributed by atoms with van der Waals surface area (Å²) >= 11 is 5.90. The van der Waals surface area contributed by atoms with E-state index in [1.165, 1.54) is 6.07 Å². The molecule has 78 valence electrons. The first-order valence-corrected chi connectivity index (χ1v) is 5.13. The molecule has 1 unspecified atom stereocenters. The molecule has 0 radical (unpaired) electrons. The fourth-order valence-electron chi connectivity index (χ4n) is 1.28. The summed E-state index contributed by atoms with van der Waals surface area (Å²) in [6, 6.07) is 5.18. The number of hydrogen-bond acceptors (Lipinski definition) is 1. The minimum absolute atomic E-state index is 0.208. The van der Waals surface area contributed by atoms with Gasteiger partial charge in [-0.2, -0.15) is 0 Å². The van der Waals surface area contributed by atoms with Gasteiger partial charge in [0.1, 0.15) is 5.82 Å². The van der Waals surface area contributed by atoms with Crippen molar-refractivity contribution < 1.29 is 4.39 Å². The molecule has 0 aliphatic carbocycles. The second-order valence-electron chi connectivity index (χ2n) is 3.43. The molecule has 14 heavy (non-hydrogen) atoms. The van der Waals surface area contributed by atoms with E-state index in [-0.39, 0.29) is 5.82 Å². The molecule has 0 aromatic heterocycles. The van der Waals surface area contributed by atoms with Gasteiger partial charge in [0, 0.05) is 16.6 Å². The van der Waals surface area contributed by atoms with Crippen LogP contribution in [0.5, 0.6) is 0 Å². The van der Waals surface area contributed by atoms with Crippen molar-refractivity contribution in [3.05, 3.63) is 34.6 Å². The Morgan fingerprint density at radius 2 is 2.21 bits per heavy atom. The zero-order chi connectivity index (χ0) is 10.6. The zero-order valence-electron chi connectivity index (χ0n) is 8.48. The normalized spacial score (nSPS) is 12.9. The molecular weight excluding hydrogens is 201 g/mol. The number of hydrogen-bond donors (Lipinski definition) is 1. The van der Waals surface area contributed by atoms with Crippen LogP contribution in [-0.2, 0) is 6.42 Å². The second-order valence-corrected chi connectivity index (χ2v) is 3.84. The minimum Gasteiger partial charge on any atom is -0.317 e. The van der Waals surface area contributed by atoms with Crippen LogP contribution in [0.2, 0.25) is 5.02 Å². The Bertz CT molecular complexity index is 281. The lowest BCUT2D eigenvalue weighted by molar-refractivity contribution is 0.547. The molecule has 0 heterocycles. The van der Waals surface area contributed by atoms with Crippen LogP contribution < -0.4 is 5.32 Å². The van der Waals surface area contributed by atoms with Gasteiger partial charge in [-0.25, -0.2) is 4.39 Å². The van der Waals surface area contributed by atoms with Crippen LogP contribution >= 0.6 is 11.6 Å². The Morgan fingerprint density at radius 1 is 1.50 bits per heavy atom. The van der Waals surface area contributed by atoms with Crippen LogP contribution in [0.4, 0.5) is 4.39 Å². The van der Waals surface area contributed by atoms with E-state index in [2.05, 4.69) is 12.2 Å². The van der Waals surface area contributed by atoms with Crippen molar-refractivity contribution in [1.29, 1.82) is 0 Å². The SMILES string of the molecule is CNC(C)CCc1c(F)cccc1Cl. The van der Waals surface area contributed by atoms with E-state index in [1.54, 1.807) is 12.1 Å². The van der Waals surface area contributed by atoms with E-state index in [4.69, 9.17) is 11.6 Å². The summed E-state index contributed by atoms with van der Waals surface area (Å²) in [7, 11) is 1.90. The third-order valence-corrected chi connectivity index (χ3v) is 2.74. The molecule has 0 spiro atoms. The monoisotopic (exact) mass is 215 g/mol. The van der Waals surface area contributed by atoms with Gasteiger partial charge < -0.3 is 5.32 Å². The number of rotatable bonds is 4. The maximum atomic E-state index is 13.3. The van der Waals surface area contributed by atoms with Crippen LogP contribution in [0.1, 0.15) is 18.9 Å². The molecule has 1 atom stereocenters. The summed E-state index contributed by atoms with van der Waals surface area (Å²) in [6.07, 6.45) is 1.56. The lowest BCUT2D eigenvalue weighted by Crippen LogP contribution is -2.21. The van der Waals surface area contributed by atoms with Crippen molar-refractivity contribution >= 4 is 11.6 Å². The highest BCUT2D eigenvalue weighted by molar-refractivity contribution is 6.31.